The first kappa shape index (κ1) is 15.5. The van der Waals surface area contributed by atoms with E-state index >= 15 is 0 Å². The molecule has 1 aromatic heterocycles. The standard InChI is InChI=1S/C21H16N2OS/c1-14-6-5-9-18-19(14)22-21(25-18)23-20(24)17-12-10-16(11-13-17)15-7-3-2-4-8-15/h2-13H,1H3,(H,22,23,24). The lowest BCUT2D eigenvalue weighted by molar-refractivity contribution is 0.102. The van der Waals surface area contributed by atoms with Crippen LogP contribution in [0.3, 0.4) is 0 Å². The van der Waals surface area contributed by atoms with E-state index in [0.717, 1.165) is 26.9 Å². The van der Waals surface area contributed by atoms with Crippen molar-refractivity contribution in [2.45, 2.75) is 6.92 Å². The predicted octanol–water partition coefficient (Wildman–Crippen LogP) is 5.52. The Labute approximate surface area is 150 Å². The molecule has 0 saturated heterocycles. The van der Waals surface area contributed by atoms with Crippen LogP contribution in [0.2, 0.25) is 0 Å². The number of aromatic nitrogens is 1. The Balaban J connectivity index is 1.55. The molecule has 4 rings (SSSR count). The summed E-state index contributed by atoms with van der Waals surface area (Å²) in [4.78, 5) is 17.0. The van der Waals surface area contributed by atoms with Crippen LogP contribution >= 0.6 is 11.3 Å². The van der Waals surface area contributed by atoms with E-state index in [9.17, 15) is 4.79 Å². The van der Waals surface area contributed by atoms with Gasteiger partial charge in [0, 0.05) is 5.56 Å². The van der Waals surface area contributed by atoms with Crippen LogP contribution in [-0.2, 0) is 0 Å². The number of carbonyl (C=O) groups excluding carboxylic acids is 1. The molecule has 3 aromatic carbocycles. The van der Waals surface area contributed by atoms with Crippen LogP contribution in [0.25, 0.3) is 21.3 Å². The summed E-state index contributed by atoms with van der Waals surface area (Å²) in [6, 6.07) is 23.8. The van der Waals surface area contributed by atoms with Gasteiger partial charge in [0.05, 0.1) is 10.2 Å². The Hall–Kier alpha value is -2.98. The molecule has 0 aliphatic heterocycles. The topological polar surface area (TPSA) is 42.0 Å². The molecule has 0 aliphatic rings. The second kappa shape index (κ2) is 6.49. The zero-order chi connectivity index (χ0) is 17.2. The van der Waals surface area contributed by atoms with Gasteiger partial charge in [0.15, 0.2) is 5.13 Å². The van der Waals surface area contributed by atoms with Gasteiger partial charge in [-0.1, -0.05) is 65.9 Å². The Bertz CT molecular complexity index is 1040. The summed E-state index contributed by atoms with van der Waals surface area (Å²) in [5, 5.41) is 3.53. The third-order valence-electron chi connectivity index (χ3n) is 4.10. The van der Waals surface area contributed by atoms with Crippen molar-refractivity contribution in [1.82, 2.24) is 4.98 Å². The molecule has 0 saturated carbocycles. The zero-order valence-electron chi connectivity index (χ0n) is 13.7. The van der Waals surface area contributed by atoms with Crippen molar-refractivity contribution in [3.8, 4) is 11.1 Å². The molecule has 0 bridgehead atoms. The average molecular weight is 344 g/mol. The number of fused-ring (bicyclic) bond motifs is 1. The quantitative estimate of drug-likeness (QED) is 0.531. The van der Waals surface area contributed by atoms with Crippen molar-refractivity contribution in [3.63, 3.8) is 0 Å². The molecule has 122 valence electrons. The fraction of sp³-hybridized carbons (Fsp3) is 0.0476. The van der Waals surface area contributed by atoms with Crippen LogP contribution in [0.1, 0.15) is 15.9 Å². The lowest BCUT2D eigenvalue weighted by atomic mass is 10.0. The minimum Gasteiger partial charge on any atom is -0.298 e. The molecule has 25 heavy (non-hydrogen) atoms. The highest BCUT2D eigenvalue weighted by atomic mass is 32.1. The Morgan fingerprint density at radius 1 is 0.880 bits per heavy atom. The molecule has 1 N–H and O–H groups in total. The van der Waals surface area contributed by atoms with E-state index in [2.05, 4.69) is 22.4 Å². The molecule has 0 fully saturated rings. The highest BCUT2D eigenvalue weighted by Gasteiger charge is 2.11. The number of benzene rings is 3. The first-order valence-corrected chi connectivity index (χ1v) is 8.85. The molecular formula is C21H16N2OS. The number of hydrogen-bond acceptors (Lipinski definition) is 3. The van der Waals surface area contributed by atoms with E-state index < -0.39 is 0 Å². The minimum atomic E-state index is -0.142. The van der Waals surface area contributed by atoms with Gasteiger partial charge in [-0.25, -0.2) is 4.98 Å². The fourth-order valence-electron chi connectivity index (χ4n) is 2.75. The summed E-state index contributed by atoms with van der Waals surface area (Å²) >= 11 is 1.49. The summed E-state index contributed by atoms with van der Waals surface area (Å²) in [5.74, 6) is -0.142. The molecular weight excluding hydrogens is 328 g/mol. The van der Waals surface area contributed by atoms with E-state index in [1.807, 2.05) is 67.6 Å². The maximum Gasteiger partial charge on any atom is 0.257 e. The Morgan fingerprint density at radius 2 is 1.60 bits per heavy atom. The number of carbonyl (C=O) groups is 1. The summed E-state index contributed by atoms with van der Waals surface area (Å²) in [6.07, 6.45) is 0. The number of nitrogens with zero attached hydrogens (tertiary/aromatic N) is 1. The van der Waals surface area contributed by atoms with Gasteiger partial charge in [-0.05, 0) is 41.8 Å². The largest absolute Gasteiger partial charge is 0.298 e. The third-order valence-corrected chi connectivity index (χ3v) is 5.03. The lowest BCUT2D eigenvalue weighted by Crippen LogP contribution is -2.11. The second-order valence-corrected chi connectivity index (χ2v) is 6.87. The van der Waals surface area contributed by atoms with Crippen LogP contribution in [-0.4, -0.2) is 10.9 Å². The van der Waals surface area contributed by atoms with Crippen molar-refractivity contribution in [1.29, 1.82) is 0 Å². The van der Waals surface area contributed by atoms with Gasteiger partial charge >= 0.3 is 0 Å². The van der Waals surface area contributed by atoms with E-state index in [1.54, 1.807) is 0 Å². The van der Waals surface area contributed by atoms with Gasteiger partial charge in [0.1, 0.15) is 0 Å². The first-order chi connectivity index (χ1) is 12.2. The number of thiazole rings is 1. The maximum atomic E-state index is 12.5. The van der Waals surface area contributed by atoms with Crippen molar-refractivity contribution in [2.75, 3.05) is 5.32 Å². The smallest absolute Gasteiger partial charge is 0.257 e. The molecule has 0 atom stereocenters. The van der Waals surface area contributed by atoms with Gasteiger partial charge in [0.25, 0.3) is 5.91 Å². The summed E-state index contributed by atoms with van der Waals surface area (Å²) < 4.78 is 1.08. The number of anilines is 1. The number of aryl methyl sites for hydroxylation is 1. The van der Waals surface area contributed by atoms with Crippen LogP contribution in [0.4, 0.5) is 5.13 Å². The molecule has 0 radical (unpaired) electrons. The number of hydrogen-bond donors (Lipinski definition) is 1. The van der Waals surface area contributed by atoms with E-state index in [4.69, 9.17) is 0 Å². The SMILES string of the molecule is Cc1cccc2sc(NC(=O)c3ccc(-c4ccccc4)cc3)nc12. The first-order valence-electron chi connectivity index (χ1n) is 8.04. The minimum absolute atomic E-state index is 0.142. The van der Waals surface area contributed by atoms with Gasteiger partial charge < -0.3 is 0 Å². The van der Waals surface area contributed by atoms with Crippen molar-refractivity contribution >= 4 is 32.6 Å². The molecule has 0 aliphatic carbocycles. The van der Waals surface area contributed by atoms with Crippen molar-refractivity contribution in [3.05, 3.63) is 83.9 Å². The molecule has 1 amide bonds. The van der Waals surface area contributed by atoms with Crippen molar-refractivity contribution < 1.29 is 4.79 Å². The van der Waals surface area contributed by atoms with Gasteiger partial charge in [-0.3, -0.25) is 10.1 Å². The van der Waals surface area contributed by atoms with Gasteiger partial charge in [-0.2, -0.15) is 0 Å². The maximum absolute atomic E-state index is 12.5. The number of para-hydroxylation sites is 1. The zero-order valence-corrected chi connectivity index (χ0v) is 14.5. The fourth-order valence-corrected chi connectivity index (χ4v) is 3.69. The van der Waals surface area contributed by atoms with Crippen LogP contribution in [0, 0.1) is 6.92 Å². The van der Waals surface area contributed by atoms with Crippen LogP contribution in [0.5, 0.6) is 0 Å². The molecule has 1 heterocycles. The Morgan fingerprint density at radius 3 is 2.32 bits per heavy atom. The molecule has 0 spiro atoms. The summed E-state index contributed by atoms with van der Waals surface area (Å²) in [6.45, 7) is 2.02. The predicted molar refractivity (Wildman–Crippen MR) is 104 cm³/mol. The highest BCUT2D eigenvalue weighted by Crippen LogP contribution is 2.28. The molecule has 0 unspecified atom stereocenters. The van der Waals surface area contributed by atoms with Crippen molar-refractivity contribution in [2.24, 2.45) is 0 Å². The van der Waals surface area contributed by atoms with E-state index in [-0.39, 0.29) is 5.91 Å². The number of nitrogens with one attached hydrogen (secondary N) is 1. The van der Waals surface area contributed by atoms with Gasteiger partial charge in [-0.15, -0.1) is 0 Å². The monoisotopic (exact) mass is 344 g/mol. The lowest BCUT2D eigenvalue weighted by Gasteiger charge is -2.04. The second-order valence-electron chi connectivity index (χ2n) is 5.84. The highest BCUT2D eigenvalue weighted by molar-refractivity contribution is 7.22. The van der Waals surface area contributed by atoms with Gasteiger partial charge in [0.2, 0.25) is 0 Å². The number of rotatable bonds is 3. The summed E-state index contributed by atoms with van der Waals surface area (Å²) in [5.41, 5.74) is 4.91. The normalized spacial score (nSPS) is 10.8. The number of amides is 1. The van der Waals surface area contributed by atoms with Crippen LogP contribution in [0.15, 0.2) is 72.8 Å². The molecule has 3 nitrogen and oxygen atoms in total. The molecule has 4 heteroatoms. The molecule has 4 aromatic rings. The third kappa shape index (κ3) is 3.16. The average Bonchev–Trinajstić information content (AvgIpc) is 3.06. The van der Waals surface area contributed by atoms with E-state index in [1.165, 1.54) is 11.3 Å². The van der Waals surface area contributed by atoms with Crippen LogP contribution < -0.4 is 5.32 Å². The Kier molecular flexibility index (Phi) is 4.04. The summed E-state index contributed by atoms with van der Waals surface area (Å²) in [7, 11) is 0. The van der Waals surface area contributed by atoms with E-state index in [0.29, 0.717) is 10.7 Å².